The summed E-state index contributed by atoms with van der Waals surface area (Å²) in [4.78, 5) is 4.56. The molecule has 0 radical (unpaired) electrons. The van der Waals surface area contributed by atoms with Crippen LogP contribution in [0.4, 0.5) is 4.39 Å². The van der Waals surface area contributed by atoms with E-state index in [0.29, 0.717) is 18.6 Å². The highest BCUT2D eigenvalue weighted by Gasteiger charge is 2.25. The van der Waals surface area contributed by atoms with E-state index in [0.717, 1.165) is 13.1 Å². The third kappa shape index (κ3) is 2.17. The first-order chi connectivity index (χ1) is 5.65. The molecular formula is C9H19FN2. The van der Waals surface area contributed by atoms with E-state index in [1.807, 2.05) is 0 Å². The van der Waals surface area contributed by atoms with Gasteiger partial charge in [0.15, 0.2) is 0 Å². The maximum Gasteiger partial charge on any atom is 0.102 e. The van der Waals surface area contributed by atoms with Gasteiger partial charge < -0.3 is 0 Å². The van der Waals surface area contributed by atoms with Crippen LogP contribution in [0.1, 0.15) is 13.8 Å². The molecule has 2 atom stereocenters. The SMILES string of the molecule is CC1CN(CCF)CC(C)N1C. The van der Waals surface area contributed by atoms with Crippen LogP contribution < -0.4 is 0 Å². The van der Waals surface area contributed by atoms with Crippen molar-refractivity contribution in [1.29, 1.82) is 0 Å². The second kappa shape index (κ2) is 4.19. The largest absolute Gasteiger partial charge is 0.298 e. The van der Waals surface area contributed by atoms with Crippen LogP contribution in [0.3, 0.4) is 0 Å². The Balaban J connectivity index is 2.42. The molecule has 0 N–H and O–H groups in total. The lowest BCUT2D eigenvalue weighted by Crippen LogP contribution is -2.55. The summed E-state index contributed by atoms with van der Waals surface area (Å²) in [5.41, 5.74) is 0. The predicted octanol–water partition coefficient (Wildman–Crippen LogP) is 0.980. The van der Waals surface area contributed by atoms with Gasteiger partial charge in [0.25, 0.3) is 0 Å². The molecule has 12 heavy (non-hydrogen) atoms. The highest BCUT2D eigenvalue weighted by Crippen LogP contribution is 2.12. The quantitative estimate of drug-likeness (QED) is 0.616. The minimum absolute atomic E-state index is 0.219. The molecule has 3 heteroatoms. The van der Waals surface area contributed by atoms with Crippen molar-refractivity contribution < 1.29 is 4.39 Å². The van der Waals surface area contributed by atoms with E-state index in [9.17, 15) is 4.39 Å². The number of rotatable bonds is 2. The van der Waals surface area contributed by atoms with Crippen LogP contribution in [0.2, 0.25) is 0 Å². The van der Waals surface area contributed by atoms with Crippen LogP contribution in [0.15, 0.2) is 0 Å². The van der Waals surface area contributed by atoms with Gasteiger partial charge in [-0.25, -0.2) is 4.39 Å². The number of piperazine rings is 1. The summed E-state index contributed by atoms with van der Waals surface area (Å²) in [6.07, 6.45) is 0. The molecule has 0 aromatic heterocycles. The lowest BCUT2D eigenvalue weighted by atomic mass is 10.1. The minimum Gasteiger partial charge on any atom is -0.298 e. The maximum atomic E-state index is 12.1. The van der Waals surface area contributed by atoms with E-state index in [1.54, 1.807) is 0 Å². The molecule has 1 aliphatic heterocycles. The zero-order chi connectivity index (χ0) is 9.14. The Morgan fingerprint density at radius 3 is 2.17 bits per heavy atom. The Labute approximate surface area is 74.3 Å². The van der Waals surface area contributed by atoms with Crippen LogP contribution in [-0.4, -0.2) is 55.2 Å². The lowest BCUT2D eigenvalue weighted by molar-refractivity contribution is 0.0567. The molecule has 1 saturated heterocycles. The van der Waals surface area contributed by atoms with Crippen LogP contribution in [0.5, 0.6) is 0 Å². The van der Waals surface area contributed by atoms with Crippen molar-refractivity contribution in [2.45, 2.75) is 25.9 Å². The second-order valence-electron chi connectivity index (χ2n) is 3.81. The Kier molecular flexibility index (Phi) is 3.47. The zero-order valence-corrected chi connectivity index (χ0v) is 8.26. The highest BCUT2D eigenvalue weighted by atomic mass is 19.1. The zero-order valence-electron chi connectivity index (χ0n) is 8.26. The average molecular weight is 174 g/mol. The number of halogens is 1. The monoisotopic (exact) mass is 174 g/mol. The molecule has 1 fully saturated rings. The Bertz CT molecular complexity index is 128. The standard InChI is InChI=1S/C9H19FN2/c1-8-6-12(5-4-10)7-9(2)11(8)3/h8-9H,4-7H2,1-3H3. The average Bonchev–Trinajstić information content (AvgIpc) is 2.01. The molecule has 1 heterocycles. The summed E-state index contributed by atoms with van der Waals surface area (Å²) in [7, 11) is 2.14. The molecule has 1 aliphatic rings. The smallest absolute Gasteiger partial charge is 0.102 e. The van der Waals surface area contributed by atoms with Gasteiger partial charge in [0.05, 0.1) is 0 Å². The van der Waals surface area contributed by atoms with Crippen molar-refractivity contribution in [2.24, 2.45) is 0 Å². The molecule has 0 spiro atoms. The number of hydrogen-bond donors (Lipinski definition) is 0. The third-order valence-electron chi connectivity index (χ3n) is 2.84. The molecule has 0 aromatic carbocycles. The first-order valence-electron chi connectivity index (χ1n) is 4.65. The third-order valence-corrected chi connectivity index (χ3v) is 2.84. The van der Waals surface area contributed by atoms with Crippen molar-refractivity contribution in [3.63, 3.8) is 0 Å². The van der Waals surface area contributed by atoms with Gasteiger partial charge in [-0.05, 0) is 20.9 Å². The molecule has 1 rings (SSSR count). The van der Waals surface area contributed by atoms with E-state index >= 15 is 0 Å². The topological polar surface area (TPSA) is 6.48 Å². The van der Waals surface area contributed by atoms with Gasteiger partial charge >= 0.3 is 0 Å². The second-order valence-corrected chi connectivity index (χ2v) is 3.81. The van der Waals surface area contributed by atoms with Gasteiger partial charge in [0.2, 0.25) is 0 Å². The first-order valence-corrected chi connectivity index (χ1v) is 4.65. The summed E-state index contributed by atoms with van der Waals surface area (Å²) >= 11 is 0. The van der Waals surface area contributed by atoms with Gasteiger partial charge in [-0.1, -0.05) is 0 Å². The molecule has 2 nitrogen and oxygen atoms in total. The van der Waals surface area contributed by atoms with Crippen molar-refractivity contribution in [2.75, 3.05) is 33.4 Å². The predicted molar refractivity (Wildman–Crippen MR) is 49.1 cm³/mol. The summed E-state index contributed by atoms with van der Waals surface area (Å²) in [6.45, 7) is 6.78. The molecule has 0 aromatic rings. The van der Waals surface area contributed by atoms with Crippen LogP contribution in [-0.2, 0) is 0 Å². The van der Waals surface area contributed by atoms with Gasteiger partial charge in [0, 0.05) is 31.7 Å². The fraction of sp³-hybridized carbons (Fsp3) is 1.00. The van der Waals surface area contributed by atoms with Crippen LogP contribution in [0.25, 0.3) is 0 Å². The maximum absolute atomic E-state index is 12.1. The van der Waals surface area contributed by atoms with E-state index in [2.05, 4.69) is 30.7 Å². The van der Waals surface area contributed by atoms with Gasteiger partial charge in [-0.3, -0.25) is 9.80 Å². The van der Waals surface area contributed by atoms with Gasteiger partial charge in [0.1, 0.15) is 6.67 Å². The van der Waals surface area contributed by atoms with Crippen LogP contribution >= 0.6 is 0 Å². The summed E-state index contributed by atoms with van der Waals surface area (Å²) in [6, 6.07) is 1.11. The normalized spacial score (nSPS) is 34.0. The Hall–Kier alpha value is -0.150. The number of nitrogens with zero attached hydrogens (tertiary/aromatic N) is 2. The van der Waals surface area contributed by atoms with Gasteiger partial charge in [-0.15, -0.1) is 0 Å². The molecule has 0 amide bonds. The fourth-order valence-corrected chi connectivity index (χ4v) is 1.82. The molecular weight excluding hydrogens is 155 g/mol. The van der Waals surface area contributed by atoms with Crippen molar-refractivity contribution in [3.8, 4) is 0 Å². The fourth-order valence-electron chi connectivity index (χ4n) is 1.82. The molecule has 0 aliphatic carbocycles. The number of hydrogen-bond acceptors (Lipinski definition) is 2. The molecule has 2 unspecified atom stereocenters. The van der Waals surface area contributed by atoms with Crippen molar-refractivity contribution in [1.82, 2.24) is 9.80 Å². The Morgan fingerprint density at radius 2 is 1.75 bits per heavy atom. The number of likely N-dealkylation sites (N-methyl/N-ethyl adjacent to an activating group) is 1. The number of alkyl halides is 1. The van der Waals surface area contributed by atoms with Crippen LogP contribution in [0, 0.1) is 0 Å². The first kappa shape index (κ1) is 9.93. The van der Waals surface area contributed by atoms with E-state index in [-0.39, 0.29) is 6.67 Å². The summed E-state index contributed by atoms with van der Waals surface area (Å²) < 4.78 is 12.1. The van der Waals surface area contributed by atoms with E-state index in [4.69, 9.17) is 0 Å². The van der Waals surface area contributed by atoms with E-state index < -0.39 is 0 Å². The summed E-state index contributed by atoms with van der Waals surface area (Å²) in [5.74, 6) is 0. The van der Waals surface area contributed by atoms with Crippen molar-refractivity contribution >= 4 is 0 Å². The molecule has 0 saturated carbocycles. The minimum atomic E-state index is -0.219. The summed E-state index contributed by atoms with van der Waals surface area (Å²) in [5, 5.41) is 0. The van der Waals surface area contributed by atoms with E-state index in [1.165, 1.54) is 0 Å². The Morgan fingerprint density at radius 1 is 1.25 bits per heavy atom. The lowest BCUT2D eigenvalue weighted by Gasteiger charge is -2.42. The van der Waals surface area contributed by atoms with Gasteiger partial charge in [-0.2, -0.15) is 0 Å². The van der Waals surface area contributed by atoms with Crippen molar-refractivity contribution in [3.05, 3.63) is 0 Å². The molecule has 72 valence electrons. The molecule has 0 bridgehead atoms. The highest BCUT2D eigenvalue weighted by molar-refractivity contribution is 4.82.